The molecule has 0 aliphatic rings. The molecule has 0 amide bonds. The quantitative estimate of drug-likeness (QED) is 0.802. The summed E-state index contributed by atoms with van der Waals surface area (Å²) in [5, 5.41) is 3.29. The van der Waals surface area contributed by atoms with Gasteiger partial charge in [0.2, 0.25) is 0 Å². The average molecular weight is 230 g/mol. The van der Waals surface area contributed by atoms with Gasteiger partial charge in [0, 0.05) is 30.9 Å². The van der Waals surface area contributed by atoms with E-state index < -0.39 is 0 Å². The minimum absolute atomic E-state index is 0.0798. The highest BCUT2D eigenvalue weighted by Gasteiger charge is 2.02. The van der Waals surface area contributed by atoms with E-state index in [4.69, 9.17) is 0 Å². The second-order valence-corrected chi connectivity index (χ2v) is 5.35. The van der Waals surface area contributed by atoms with Crippen molar-refractivity contribution in [2.24, 2.45) is 5.41 Å². The van der Waals surface area contributed by atoms with Crippen LogP contribution in [0.2, 0.25) is 0 Å². The number of anilines is 2. The molecule has 1 N–H and O–H groups in total. The van der Waals surface area contributed by atoms with Crippen molar-refractivity contribution in [2.45, 2.75) is 20.8 Å². The Hall–Kier alpha value is -1.62. The molecule has 0 atom stereocenters. The first-order valence-electron chi connectivity index (χ1n) is 5.90. The van der Waals surface area contributed by atoms with Crippen molar-refractivity contribution in [1.82, 2.24) is 0 Å². The molecule has 1 rings (SSSR count). The van der Waals surface area contributed by atoms with Gasteiger partial charge in [-0.1, -0.05) is 11.8 Å². The Morgan fingerprint density at radius 3 is 2.18 bits per heavy atom. The molecule has 1 aromatic carbocycles. The summed E-state index contributed by atoms with van der Waals surface area (Å²) in [6.07, 6.45) is 0. The first-order chi connectivity index (χ1) is 7.88. The van der Waals surface area contributed by atoms with Gasteiger partial charge in [0.1, 0.15) is 0 Å². The summed E-state index contributed by atoms with van der Waals surface area (Å²) in [5.74, 6) is 6.34. The second-order valence-electron chi connectivity index (χ2n) is 5.35. The van der Waals surface area contributed by atoms with Gasteiger partial charge in [-0.25, -0.2) is 0 Å². The van der Waals surface area contributed by atoms with Crippen molar-refractivity contribution >= 4 is 11.4 Å². The molecule has 0 aliphatic carbocycles. The molecule has 1 aromatic rings. The summed E-state index contributed by atoms with van der Waals surface area (Å²) >= 11 is 0. The van der Waals surface area contributed by atoms with Crippen LogP contribution in [-0.4, -0.2) is 20.6 Å². The van der Waals surface area contributed by atoms with Gasteiger partial charge in [0.05, 0.1) is 6.54 Å². The Morgan fingerprint density at radius 1 is 1.12 bits per heavy atom. The maximum Gasteiger partial charge on any atom is 0.0766 e. The predicted octanol–water partition coefficient (Wildman–Crippen LogP) is 3.21. The number of hydrogen-bond donors (Lipinski definition) is 1. The second kappa shape index (κ2) is 5.63. The fraction of sp³-hybridized carbons (Fsp3) is 0.467. The monoisotopic (exact) mass is 230 g/mol. The van der Waals surface area contributed by atoms with E-state index in [1.807, 2.05) is 14.1 Å². The van der Waals surface area contributed by atoms with E-state index in [1.165, 1.54) is 5.69 Å². The van der Waals surface area contributed by atoms with Crippen molar-refractivity contribution in [1.29, 1.82) is 0 Å². The number of benzene rings is 1. The lowest BCUT2D eigenvalue weighted by Gasteiger charge is -2.12. The van der Waals surface area contributed by atoms with Crippen molar-refractivity contribution in [3.8, 4) is 11.8 Å². The Kier molecular flexibility index (Phi) is 4.45. The molecule has 17 heavy (non-hydrogen) atoms. The van der Waals surface area contributed by atoms with E-state index in [0.29, 0.717) is 6.54 Å². The molecular weight excluding hydrogens is 208 g/mol. The lowest BCUT2D eigenvalue weighted by Crippen LogP contribution is -2.08. The molecule has 0 unspecified atom stereocenters. The minimum Gasteiger partial charge on any atom is -0.378 e. The largest absolute Gasteiger partial charge is 0.378 e. The van der Waals surface area contributed by atoms with Crippen molar-refractivity contribution in [3.05, 3.63) is 24.3 Å². The average Bonchev–Trinajstić information content (AvgIpc) is 2.24. The fourth-order valence-electron chi connectivity index (χ4n) is 1.33. The van der Waals surface area contributed by atoms with Crippen LogP contribution in [0.25, 0.3) is 0 Å². The van der Waals surface area contributed by atoms with Gasteiger partial charge in [0.15, 0.2) is 0 Å². The molecule has 2 heteroatoms. The maximum atomic E-state index is 3.29. The molecule has 0 bridgehead atoms. The first kappa shape index (κ1) is 13.4. The number of hydrogen-bond acceptors (Lipinski definition) is 2. The molecule has 0 aliphatic heterocycles. The molecule has 0 fully saturated rings. The van der Waals surface area contributed by atoms with Crippen LogP contribution in [0.5, 0.6) is 0 Å². The molecule has 0 aromatic heterocycles. The Morgan fingerprint density at radius 2 is 1.71 bits per heavy atom. The zero-order valence-electron chi connectivity index (χ0n) is 11.5. The SMILES string of the molecule is CN(C)c1ccc(NCC#CC(C)(C)C)cc1. The highest BCUT2D eigenvalue weighted by molar-refractivity contribution is 5.54. The van der Waals surface area contributed by atoms with E-state index in [0.717, 1.165) is 5.69 Å². The zero-order valence-corrected chi connectivity index (χ0v) is 11.5. The molecule has 2 nitrogen and oxygen atoms in total. The van der Waals surface area contributed by atoms with Crippen LogP contribution in [0.3, 0.4) is 0 Å². The fourth-order valence-corrected chi connectivity index (χ4v) is 1.33. The van der Waals surface area contributed by atoms with Crippen LogP contribution in [0, 0.1) is 17.3 Å². The van der Waals surface area contributed by atoms with Gasteiger partial charge in [0.25, 0.3) is 0 Å². The summed E-state index contributed by atoms with van der Waals surface area (Å²) in [4.78, 5) is 2.09. The van der Waals surface area contributed by atoms with Gasteiger partial charge in [-0.05, 0) is 45.0 Å². The first-order valence-corrected chi connectivity index (χ1v) is 5.90. The molecule has 0 radical (unpaired) electrons. The summed E-state index contributed by atoms with van der Waals surface area (Å²) in [7, 11) is 4.08. The third kappa shape index (κ3) is 5.31. The number of nitrogens with one attached hydrogen (secondary N) is 1. The van der Waals surface area contributed by atoms with Gasteiger partial charge >= 0.3 is 0 Å². The van der Waals surface area contributed by atoms with Crippen molar-refractivity contribution < 1.29 is 0 Å². The van der Waals surface area contributed by atoms with Crippen molar-refractivity contribution in [2.75, 3.05) is 30.9 Å². The van der Waals surface area contributed by atoms with Crippen LogP contribution >= 0.6 is 0 Å². The van der Waals surface area contributed by atoms with Gasteiger partial charge < -0.3 is 10.2 Å². The van der Waals surface area contributed by atoms with Crippen LogP contribution in [0.1, 0.15) is 20.8 Å². The lowest BCUT2D eigenvalue weighted by molar-refractivity contribution is 0.570. The Bertz CT molecular complexity index is 399. The van der Waals surface area contributed by atoms with E-state index >= 15 is 0 Å². The maximum absolute atomic E-state index is 3.29. The smallest absolute Gasteiger partial charge is 0.0766 e. The zero-order chi connectivity index (χ0) is 12.9. The molecule has 0 saturated heterocycles. The summed E-state index contributed by atoms with van der Waals surface area (Å²) in [5.41, 5.74) is 2.39. The van der Waals surface area contributed by atoms with E-state index in [9.17, 15) is 0 Å². The number of rotatable bonds is 3. The molecular formula is C15H22N2. The predicted molar refractivity (Wildman–Crippen MR) is 76.5 cm³/mol. The lowest BCUT2D eigenvalue weighted by atomic mass is 9.98. The molecule has 0 saturated carbocycles. The third-order valence-corrected chi connectivity index (χ3v) is 2.23. The van der Waals surface area contributed by atoms with Crippen LogP contribution in [0.4, 0.5) is 11.4 Å². The summed E-state index contributed by atoms with van der Waals surface area (Å²) in [6.45, 7) is 7.04. The van der Waals surface area contributed by atoms with Crippen LogP contribution in [-0.2, 0) is 0 Å². The highest BCUT2D eigenvalue weighted by Crippen LogP contribution is 2.15. The normalized spacial score (nSPS) is 10.4. The van der Waals surface area contributed by atoms with Gasteiger partial charge in [-0.2, -0.15) is 0 Å². The van der Waals surface area contributed by atoms with Crippen molar-refractivity contribution in [3.63, 3.8) is 0 Å². The van der Waals surface area contributed by atoms with Crippen LogP contribution in [0.15, 0.2) is 24.3 Å². The Balaban J connectivity index is 2.50. The number of nitrogens with zero attached hydrogens (tertiary/aromatic N) is 1. The standard InChI is InChI=1S/C15H22N2/c1-15(2,3)11-6-12-16-13-7-9-14(10-8-13)17(4)5/h7-10,16H,12H2,1-5H3. The highest BCUT2D eigenvalue weighted by atomic mass is 15.1. The Labute approximate surface area is 105 Å². The summed E-state index contributed by atoms with van der Waals surface area (Å²) < 4.78 is 0. The molecule has 92 valence electrons. The van der Waals surface area contributed by atoms with E-state index in [-0.39, 0.29) is 5.41 Å². The third-order valence-electron chi connectivity index (χ3n) is 2.23. The van der Waals surface area contributed by atoms with Gasteiger partial charge in [-0.15, -0.1) is 0 Å². The topological polar surface area (TPSA) is 15.3 Å². The van der Waals surface area contributed by atoms with E-state index in [1.54, 1.807) is 0 Å². The van der Waals surface area contributed by atoms with E-state index in [2.05, 4.69) is 67.1 Å². The minimum atomic E-state index is 0.0798. The molecule has 0 spiro atoms. The molecule has 0 heterocycles. The summed E-state index contributed by atoms with van der Waals surface area (Å²) in [6, 6.07) is 8.35. The van der Waals surface area contributed by atoms with Gasteiger partial charge in [-0.3, -0.25) is 0 Å². The van der Waals surface area contributed by atoms with Crippen LogP contribution < -0.4 is 10.2 Å².